The number of hydrogen-bond acceptors (Lipinski definition) is 3. The van der Waals surface area contributed by atoms with Gasteiger partial charge < -0.3 is 10.4 Å². The highest BCUT2D eigenvalue weighted by Crippen LogP contribution is 2.22. The molecule has 0 aliphatic heterocycles. The number of carbonyl (C=O) groups excluding carboxylic acids is 2. The van der Waals surface area contributed by atoms with Crippen LogP contribution >= 0.6 is 15.9 Å². The first-order valence-electron chi connectivity index (χ1n) is 7.73. The average molecular weight is 388 g/mol. The molecule has 1 aromatic rings. The van der Waals surface area contributed by atoms with Crippen molar-refractivity contribution in [3.63, 3.8) is 0 Å². The zero-order chi connectivity index (χ0) is 17.4. The number of amides is 1. The number of carbonyl (C=O) groups is 2. The Balaban J connectivity index is 2.74. The standard InChI is InChI=1S/C17H23BrFNO3/c1-3-11(2)15(17(23)20-6-7-21)10-14(22)8-12-4-5-13(18)9-16(12)19/h4-5,9,11,15,21H,3,6-8,10H2,1-2H3,(H,20,23)/t11-,15-/m0/s1. The highest BCUT2D eigenvalue weighted by molar-refractivity contribution is 9.10. The Kier molecular flexibility index (Phi) is 8.41. The Bertz CT molecular complexity index is 551. The summed E-state index contributed by atoms with van der Waals surface area (Å²) in [4.78, 5) is 24.4. The Morgan fingerprint density at radius 1 is 1.39 bits per heavy atom. The van der Waals surface area contributed by atoms with Gasteiger partial charge in [-0.2, -0.15) is 0 Å². The number of hydrogen-bond donors (Lipinski definition) is 2. The minimum Gasteiger partial charge on any atom is -0.395 e. The van der Waals surface area contributed by atoms with Crippen molar-refractivity contribution in [2.75, 3.05) is 13.2 Å². The van der Waals surface area contributed by atoms with Crippen LogP contribution in [0.5, 0.6) is 0 Å². The van der Waals surface area contributed by atoms with Gasteiger partial charge in [0.1, 0.15) is 11.6 Å². The van der Waals surface area contributed by atoms with Gasteiger partial charge in [-0.05, 0) is 23.6 Å². The first-order chi connectivity index (χ1) is 10.9. The van der Waals surface area contributed by atoms with E-state index >= 15 is 0 Å². The fourth-order valence-electron chi connectivity index (χ4n) is 2.34. The molecule has 0 fully saturated rings. The minimum absolute atomic E-state index is 0.0284. The van der Waals surface area contributed by atoms with Crippen molar-refractivity contribution < 1.29 is 19.1 Å². The van der Waals surface area contributed by atoms with Gasteiger partial charge in [0.05, 0.1) is 6.61 Å². The van der Waals surface area contributed by atoms with E-state index in [1.165, 1.54) is 6.07 Å². The van der Waals surface area contributed by atoms with Crippen LogP contribution in [0.2, 0.25) is 0 Å². The third-order valence-electron chi connectivity index (χ3n) is 3.93. The summed E-state index contributed by atoms with van der Waals surface area (Å²) in [6.07, 6.45) is 0.804. The quantitative estimate of drug-likeness (QED) is 0.684. The summed E-state index contributed by atoms with van der Waals surface area (Å²) in [7, 11) is 0. The second-order valence-electron chi connectivity index (χ2n) is 5.66. The van der Waals surface area contributed by atoms with Gasteiger partial charge in [0.15, 0.2) is 0 Å². The Hall–Kier alpha value is -1.27. The molecule has 0 unspecified atom stereocenters. The van der Waals surface area contributed by atoms with E-state index in [1.807, 2.05) is 13.8 Å². The summed E-state index contributed by atoms with van der Waals surface area (Å²) in [5.41, 5.74) is 0.330. The van der Waals surface area contributed by atoms with E-state index in [-0.39, 0.29) is 43.6 Å². The summed E-state index contributed by atoms with van der Waals surface area (Å²) in [5, 5.41) is 11.4. The van der Waals surface area contributed by atoms with Crippen molar-refractivity contribution in [3.8, 4) is 0 Å². The Morgan fingerprint density at radius 2 is 2.09 bits per heavy atom. The third-order valence-corrected chi connectivity index (χ3v) is 4.42. The maximum atomic E-state index is 13.8. The lowest BCUT2D eigenvalue weighted by Gasteiger charge is -2.21. The van der Waals surface area contributed by atoms with Crippen molar-refractivity contribution >= 4 is 27.6 Å². The molecule has 0 heterocycles. The van der Waals surface area contributed by atoms with Gasteiger partial charge >= 0.3 is 0 Å². The molecule has 1 amide bonds. The van der Waals surface area contributed by atoms with E-state index in [4.69, 9.17) is 5.11 Å². The SMILES string of the molecule is CC[C@H](C)[C@H](CC(=O)Cc1ccc(Br)cc1F)C(=O)NCCO. The van der Waals surface area contributed by atoms with Gasteiger partial charge in [-0.3, -0.25) is 9.59 Å². The number of aliphatic hydroxyl groups excluding tert-OH is 1. The molecule has 0 saturated heterocycles. The molecular weight excluding hydrogens is 365 g/mol. The molecule has 2 N–H and O–H groups in total. The first-order valence-corrected chi connectivity index (χ1v) is 8.52. The number of rotatable bonds is 9. The molecule has 1 aromatic carbocycles. The van der Waals surface area contributed by atoms with Crippen LogP contribution in [0.15, 0.2) is 22.7 Å². The van der Waals surface area contributed by atoms with Crippen LogP contribution in [0.25, 0.3) is 0 Å². The molecule has 0 bridgehead atoms. The lowest BCUT2D eigenvalue weighted by atomic mass is 9.85. The fraction of sp³-hybridized carbons (Fsp3) is 0.529. The number of aliphatic hydroxyl groups is 1. The molecule has 2 atom stereocenters. The first kappa shape index (κ1) is 19.8. The summed E-state index contributed by atoms with van der Waals surface area (Å²) in [5.74, 6) is -1.27. The lowest BCUT2D eigenvalue weighted by molar-refractivity contribution is -0.131. The van der Waals surface area contributed by atoms with Gasteiger partial charge in [-0.25, -0.2) is 4.39 Å². The van der Waals surface area contributed by atoms with Gasteiger partial charge in [0.25, 0.3) is 0 Å². The number of halogens is 2. The summed E-state index contributed by atoms with van der Waals surface area (Å²) in [6, 6.07) is 4.58. The van der Waals surface area contributed by atoms with Gasteiger partial charge in [0, 0.05) is 29.8 Å². The van der Waals surface area contributed by atoms with Gasteiger partial charge in [0.2, 0.25) is 5.91 Å². The largest absolute Gasteiger partial charge is 0.395 e. The van der Waals surface area contributed by atoms with Crippen molar-refractivity contribution in [3.05, 3.63) is 34.1 Å². The number of Topliss-reactive ketones (excluding diaryl/α,β-unsaturated/α-hetero) is 1. The van der Waals surface area contributed by atoms with Crippen LogP contribution in [-0.2, 0) is 16.0 Å². The third kappa shape index (κ3) is 6.39. The summed E-state index contributed by atoms with van der Waals surface area (Å²) < 4.78 is 14.4. The predicted molar refractivity (Wildman–Crippen MR) is 90.5 cm³/mol. The molecule has 4 nitrogen and oxygen atoms in total. The average Bonchev–Trinajstić information content (AvgIpc) is 2.52. The Labute approximate surface area is 144 Å². The highest BCUT2D eigenvalue weighted by atomic mass is 79.9. The van der Waals surface area contributed by atoms with Gasteiger partial charge in [-0.15, -0.1) is 0 Å². The second-order valence-corrected chi connectivity index (χ2v) is 6.58. The van der Waals surface area contributed by atoms with E-state index in [2.05, 4.69) is 21.2 Å². The molecule has 0 spiro atoms. The molecule has 23 heavy (non-hydrogen) atoms. The van der Waals surface area contributed by atoms with Crippen LogP contribution in [0, 0.1) is 17.7 Å². The maximum Gasteiger partial charge on any atom is 0.223 e. The fourth-order valence-corrected chi connectivity index (χ4v) is 2.68. The summed E-state index contributed by atoms with van der Waals surface area (Å²) >= 11 is 3.18. The molecule has 1 rings (SSSR count). The topological polar surface area (TPSA) is 66.4 Å². The van der Waals surface area contributed by atoms with Crippen LogP contribution in [0.4, 0.5) is 4.39 Å². The molecule has 0 radical (unpaired) electrons. The molecule has 0 aliphatic carbocycles. The molecular formula is C17H23BrFNO3. The van der Waals surface area contributed by atoms with E-state index in [9.17, 15) is 14.0 Å². The molecule has 128 valence electrons. The van der Waals surface area contributed by atoms with Crippen molar-refractivity contribution in [2.24, 2.45) is 11.8 Å². The molecule has 6 heteroatoms. The van der Waals surface area contributed by atoms with Crippen molar-refractivity contribution in [1.82, 2.24) is 5.32 Å². The zero-order valence-corrected chi connectivity index (χ0v) is 15.0. The molecule has 0 saturated carbocycles. The molecule has 0 aromatic heterocycles. The monoisotopic (exact) mass is 387 g/mol. The zero-order valence-electron chi connectivity index (χ0n) is 13.4. The van der Waals surface area contributed by atoms with E-state index < -0.39 is 11.7 Å². The molecule has 0 aliphatic rings. The van der Waals surface area contributed by atoms with E-state index in [1.54, 1.807) is 12.1 Å². The number of benzene rings is 1. The number of ketones is 1. The van der Waals surface area contributed by atoms with Crippen LogP contribution in [0.1, 0.15) is 32.3 Å². The smallest absolute Gasteiger partial charge is 0.223 e. The number of nitrogens with one attached hydrogen (secondary N) is 1. The second kappa shape index (κ2) is 9.78. The van der Waals surface area contributed by atoms with E-state index in [0.29, 0.717) is 10.0 Å². The highest BCUT2D eigenvalue weighted by Gasteiger charge is 2.26. The van der Waals surface area contributed by atoms with E-state index in [0.717, 1.165) is 6.42 Å². The Morgan fingerprint density at radius 3 is 2.65 bits per heavy atom. The van der Waals surface area contributed by atoms with Crippen LogP contribution < -0.4 is 5.32 Å². The lowest BCUT2D eigenvalue weighted by Crippen LogP contribution is -2.37. The predicted octanol–water partition coefficient (Wildman–Crippen LogP) is 2.86. The normalized spacial score (nSPS) is 13.4. The van der Waals surface area contributed by atoms with Crippen molar-refractivity contribution in [2.45, 2.75) is 33.1 Å². The minimum atomic E-state index is -0.461. The maximum absolute atomic E-state index is 13.8. The summed E-state index contributed by atoms with van der Waals surface area (Å²) in [6.45, 7) is 3.89. The van der Waals surface area contributed by atoms with Crippen LogP contribution in [-0.4, -0.2) is 29.9 Å². The van der Waals surface area contributed by atoms with Gasteiger partial charge in [-0.1, -0.05) is 42.3 Å². The van der Waals surface area contributed by atoms with Crippen LogP contribution in [0.3, 0.4) is 0 Å². The van der Waals surface area contributed by atoms with Crippen molar-refractivity contribution in [1.29, 1.82) is 0 Å².